The molecule has 0 unspecified atom stereocenters. The largest absolute Gasteiger partial charge is 0.497 e. The average Bonchev–Trinajstić information content (AvgIpc) is 3.39. The molecule has 2 aromatic heterocycles. The Morgan fingerprint density at radius 3 is 2.30 bits per heavy atom. The number of carbonyl (C=O) groups excluding carboxylic acids is 1. The molecule has 1 aliphatic heterocycles. The molecule has 0 spiro atoms. The van der Waals surface area contributed by atoms with Gasteiger partial charge in [-0.1, -0.05) is 5.16 Å². The molecule has 0 aliphatic carbocycles. The number of ether oxygens (including phenoxy) is 3. The van der Waals surface area contributed by atoms with E-state index >= 15 is 0 Å². The third-order valence-electron chi connectivity index (χ3n) is 4.83. The van der Waals surface area contributed by atoms with E-state index in [0.29, 0.717) is 22.9 Å². The van der Waals surface area contributed by atoms with Gasteiger partial charge in [-0.15, -0.1) is 0 Å². The number of aryl methyl sites for hydroxylation is 2. The Balaban J connectivity index is 1.72. The van der Waals surface area contributed by atoms with E-state index in [1.165, 1.54) is 0 Å². The smallest absolute Gasteiger partial charge is 0.363 e. The molecule has 0 saturated heterocycles. The molecule has 8 heteroatoms. The van der Waals surface area contributed by atoms with Crippen LogP contribution in [0.5, 0.6) is 11.5 Å². The minimum Gasteiger partial charge on any atom is -0.497 e. The van der Waals surface area contributed by atoms with Crippen LogP contribution in [-0.4, -0.2) is 35.8 Å². The Hall–Kier alpha value is -3.81. The van der Waals surface area contributed by atoms with Crippen LogP contribution in [0.4, 0.5) is 0 Å². The van der Waals surface area contributed by atoms with Gasteiger partial charge < -0.3 is 18.7 Å². The highest BCUT2D eigenvalue weighted by Gasteiger charge is 2.26. The van der Waals surface area contributed by atoms with Crippen molar-refractivity contribution >= 4 is 17.9 Å². The Morgan fingerprint density at radius 2 is 1.70 bits per heavy atom. The predicted octanol–water partition coefficient (Wildman–Crippen LogP) is 3.75. The summed E-state index contributed by atoms with van der Waals surface area (Å²) in [6, 6.07) is 9.01. The van der Waals surface area contributed by atoms with Gasteiger partial charge in [-0.25, -0.2) is 9.79 Å². The minimum absolute atomic E-state index is 0.199. The zero-order chi connectivity index (χ0) is 21.4. The van der Waals surface area contributed by atoms with Gasteiger partial charge >= 0.3 is 5.97 Å². The summed E-state index contributed by atoms with van der Waals surface area (Å²) < 4.78 is 23.1. The first-order valence-electron chi connectivity index (χ1n) is 9.28. The van der Waals surface area contributed by atoms with Crippen LogP contribution in [0.1, 0.15) is 28.3 Å². The number of aromatic nitrogens is 2. The Bertz CT molecular complexity index is 1180. The molecule has 0 fully saturated rings. The molecule has 3 heterocycles. The number of rotatable bonds is 5. The van der Waals surface area contributed by atoms with Crippen molar-refractivity contribution in [2.24, 2.45) is 4.99 Å². The van der Waals surface area contributed by atoms with Gasteiger partial charge in [0.05, 0.1) is 14.2 Å². The van der Waals surface area contributed by atoms with Crippen molar-refractivity contribution in [3.8, 4) is 17.3 Å². The van der Waals surface area contributed by atoms with Crippen molar-refractivity contribution < 1.29 is 23.5 Å². The molecule has 0 N–H and O–H groups in total. The van der Waals surface area contributed by atoms with Crippen LogP contribution in [0.3, 0.4) is 0 Å². The average molecular weight is 407 g/mol. The van der Waals surface area contributed by atoms with Crippen LogP contribution in [0, 0.1) is 20.8 Å². The molecule has 0 bridgehead atoms. The second-order valence-corrected chi connectivity index (χ2v) is 6.90. The van der Waals surface area contributed by atoms with Gasteiger partial charge in [-0.05, 0) is 50.6 Å². The summed E-state index contributed by atoms with van der Waals surface area (Å²) in [4.78, 5) is 16.8. The van der Waals surface area contributed by atoms with Crippen LogP contribution in [0.25, 0.3) is 11.9 Å². The zero-order valence-corrected chi connectivity index (χ0v) is 17.3. The number of hydrogen-bond acceptors (Lipinski definition) is 7. The number of hydrogen-bond donors (Lipinski definition) is 0. The highest BCUT2D eigenvalue weighted by molar-refractivity contribution is 6.13. The van der Waals surface area contributed by atoms with Crippen molar-refractivity contribution in [1.29, 1.82) is 0 Å². The van der Waals surface area contributed by atoms with Gasteiger partial charge in [0.2, 0.25) is 5.90 Å². The lowest BCUT2D eigenvalue weighted by Gasteiger charge is -2.07. The number of aliphatic imine (C=N–C) groups is 1. The number of nitrogens with zero attached hydrogens (tertiary/aromatic N) is 3. The lowest BCUT2D eigenvalue weighted by molar-refractivity contribution is -0.129. The fourth-order valence-corrected chi connectivity index (χ4v) is 3.36. The van der Waals surface area contributed by atoms with Gasteiger partial charge in [0.25, 0.3) is 0 Å². The molecule has 0 amide bonds. The van der Waals surface area contributed by atoms with E-state index in [9.17, 15) is 4.79 Å². The molecular weight excluding hydrogens is 386 g/mol. The second kappa shape index (κ2) is 7.55. The van der Waals surface area contributed by atoms with Crippen molar-refractivity contribution in [2.45, 2.75) is 20.8 Å². The third-order valence-corrected chi connectivity index (χ3v) is 4.83. The quantitative estimate of drug-likeness (QED) is 0.473. The van der Waals surface area contributed by atoms with E-state index in [2.05, 4.69) is 10.1 Å². The first-order chi connectivity index (χ1) is 14.4. The number of esters is 1. The molecule has 30 heavy (non-hydrogen) atoms. The van der Waals surface area contributed by atoms with E-state index in [0.717, 1.165) is 22.7 Å². The molecule has 0 radical (unpaired) electrons. The monoisotopic (exact) mass is 407 g/mol. The molecule has 3 aromatic rings. The molecule has 0 atom stereocenters. The first-order valence-corrected chi connectivity index (χ1v) is 9.28. The normalized spacial score (nSPS) is 14.8. The van der Waals surface area contributed by atoms with Gasteiger partial charge in [-0.3, -0.25) is 4.57 Å². The highest BCUT2D eigenvalue weighted by atomic mass is 16.6. The molecule has 1 aromatic carbocycles. The van der Waals surface area contributed by atoms with Gasteiger partial charge in [0, 0.05) is 29.1 Å². The summed E-state index contributed by atoms with van der Waals surface area (Å²) >= 11 is 0. The predicted molar refractivity (Wildman–Crippen MR) is 110 cm³/mol. The van der Waals surface area contributed by atoms with E-state index < -0.39 is 5.97 Å². The van der Waals surface area contributed by atoms with Crippen molar-refractivity contribution in [3.63, 3.8) is 0 Å². The lowest BCUT2D eigenvalue weighted by Crippen LogP contribution is -2.06. The molecule has 1 aliphatic rings. The molecule has 154 valence electrons. The minimum atomic E-state index is -0.520. The topological polar surface area (TPSA) is 88.1 Å². The Morgan fingerprint density at radius 1 is 1.00 bits per heavy atom. The van der Waals surface area contributed by atoms with Crippen molar-refractivity contribution in [3.05, 3.63) is 64.3 Å². The SMILES string of the molecule is COc1cc(OC)cc(C2=N/C(=C/c3cc(C)n(-c4cc(C)on4)c3C)C(=O)O2)c1. The third kappa shape index (κ3) is 3.47. The van der Waals surface area contributed by atoms with E-state index in [4.69, 9.17) is 18.7 Å². The summed E-state index contributed by atoms with van der Waals surface area (Å²) in [6.07, 6.45) is 1.71. The zero-order valence-electron chi connectivity index (χ0n) is 17.3. The summed E-state index contributed by atoms with van der Waals surface area (Å²) in [5.74, 6) is 2.24. The highest BCUT2D eigenvalue weighted by Crippen LogP contribution is 2.28. The van der Waals surface area contributed by atoms with Crippen LogP contribution in [0.2, 0.25) is 0 Å². The van der Waals surface area contributed by atoms with Crippen molar-refractivity contribution in [2.75, 3.05) is 14.2 Å². The van der Waals surface area contributed by atoms with E-state index in [1.807, 2.05) is 37.5 Å². The van der Waals surface area contributed by atoms with Crippen molar-refractivity contribution in [1.82, 2.24) is 9.72 Å². The molecule has 4 rings (SSSR count). The Labute approximate surface area is 173 Å². The molecule has 8 nitrogen and oxygen atoms in total. The fraction of sp³-hybridized carbons (Fsp3) is 0.227. The van der Waals surface area contributed by atoms with Crippen LogP contribution < -0.4 is 9.47 Å². The number of benzene rings is 1. The number of methoxy groups -OCH3 is 2. The maximum Gasteiger partial charge on any atom is 0.363 e. The standard InChI is InChI=1S/C22H21N3O5/c1-12-6-15(14(3)25(12)20-7-13(2)30-24-20)10-19-22(26)29-21(23-19)16-8-17(27-4)11-18(9-16)28-5/h6-11H,1-5H3/b19-10+. The number of cyclic esters (lactones) is 1. The maximum atomic E-state index is 12.4. The van der Waals surface area contributed by atoms with E-state index in [-0.39, 0.29) is 11.6 Å². The first kappa shape index (κ1) is 19.5. The summed E-state index contributed by atoms with van der Waals surface area (Å²) in [5, 5.41) is 4.08. The lowest BCUT2D eigenvalue weighted by atomic mass is 10.2. The molecule has 0 saturated carbocycles. The summed E-state index contributed by atoms with van der Waals surface area (Å²) in [6.45, 7) is 5.75. The van der Waals surface area contributed by atoms with Gasteiger partial charge in [0.1, 0.15) is 17.3 Å². The number of carbonyl (C=O) groups is 1. The van der Waals surface area contributed by atoms with E-state index in [1.54, 1.807) is 38.5 Å². The van der Waals surface area contributed by atoms with Gasteiger partial charge in [-0.2, -0.15) is 0 Å². The summed E-state index contributed by atoms with van der Waals surface area (Å²) in [7, 11) is 3.11. The molecular formula is C22H21N3O5. The van der Waals surface area contributed by atoms with Gasteiger partial charge in [0.15, 0.2) is 11.5 Å². The van der Waals surface area contributed by atoms with Crippen LogP contribution in [0.15, 0.2) is 45.5 Å². The second-order valence-electron chi connectivity index (χ2n) is 6.90. The van der Waals surface area contributed by atoms with Crippen LogP contribution >= 0.6 is 0 Å². The maximum absolute atomic E-state index is 12.4. The Kier molecular flexibility index (Phi) is 4.91. The summed E-state index contributed by atoms with van der Waals surface area (Å²) in [5.41, 5.74) is 3.51. The fourth-order valence-electron chi connectivity index (χ4n) is 3.36. The van der Waals surface area contributed by atoms with Crippen LogP contribution in [-0.2, 0) is 9.53 Å².